The number of hydrogen-bond donors (Lipinski definition) is 2. The monoisotopic (exact) mass is 258 g/mol. The molecule has 1 aromatic rings. The van der Waals surface area contributed by atoms with Crippen LogP contribution in [0.2, 0.25) is 0 Å². The summed E-state index contributed by atoms with van der Waals surface area (Å²) in [5.74, 6) is -0.0742. The molecule has 0 aromatic carbocycles. The van der Waals surface area contributed by atoms with Crippen LogP contribution in [0.15, 0.2) is 21.4 Å². The molecular formula is C9H11BrN2O2. The van der Waals surface area contributed by atoms with E-state index in [9.17, 15) is 4.79 Å². The van der Waals surface area contributed by atoms with E-state index >= 15 is 0 Å². The van der Waals surface area contributed by atoms with Gasteiger partial charge in [0, 0.05) is 12.1 Å². The number of halogens is 1. The summed E-state index contributed by atoms with van der Waals surface area (Å²) in [5, 5.41) is 2.77. The summed E-state index contributed by atoms with van der Waals surface area (Å²) in [6.07, 6.45) is 3.17. The summed E-state index contributed by atoms with van der Waals surface area (Å²) in [4.78, 5) is 11.4. The highest BCUT2D eigenvalue weighted by Crippen LogP contribution is 2.32. The Hall–Kier alpha value is -0.810. The van der Waals surface area contributed by atoms with Crippen molar-refractivity contribution in [2.45, 2.75) is 24.9 Å². The molecule has 1 aromatic heterocycles. The molecule has 0 unspecified atom stereocenters. The van der Waals surface area contributed by atoms with Gasteiger partial charge in [-0.2, -0.15) is 0 Å². The van der Waals surface area contributed by atoms with Crippen LogP contribution in [0.25, 0.3) is 0 Å². The molecule has 1 saturated carbocycles. The van der Waals surface area contributed by atoms with Gasteiger partial charge in [0.2, 0.25) is 5.91 Å². The number of rotatable bonds is 3. The van der Waals surface area contributed by atoms with E-state index in [4.69, 9.17) is 10.2 Å². The molecule has 1 aliphatic carbocycles. The predicted octanol–water partition coefficient (Wildman–Crippen LogP) is 1.15. The first-order valence-corrected chi connectivity index (χ1v) is 5.19. The van der Waals surface area contributed by atoms with Gasteiger partial charge in [-0.1, -0.05) is 0 Å². The molecule has 4 nitrogen and oxygen atoms in total. The molecule has 0 saturated heterocycles. The lowest BCUT2D eigenvalue weighted by Gasteiger charge is -2.08. The van der Waals surface area contributed by atoms with Crippen LogP contribution in [0.5, 0.6) is 0 Å². The fourth-order valence-corrected chi connectivity index (χ4v) is 1.55. The first-order chi connectivity index (χ1) is 6.60. The Morgan fingerprint density at radius 2 is 2.43 bits per heavy atom. The van der Waals surface area contributed by atoms with Crippen molar-refractivity contribution in [3.05, 3.63) is 22.6 Å². The highest BCUT2D eigenvalue weighted by Gasteiger charge is 2.45. The SMILES string of the molecule is NC1(C(=O)NCc2coc(Br)c2)CC1. The molecule has 0 atom stereocenters. The third-order valence-corrected chi connectivity index (χ3v) is 2.73. The molecular weight excluding hydrogens is 248 g/mol. The lowest BCUT2D eigenvalue weighted by molar-refractivity contribution is -0.123. The maximum atomic E-state index is 11.4. The zero-order valence-corrected chi connectivity index (χ0v) is 9.13. The van der Waals surface area contributed by atoms with E-state index in [0.29, 0.717) is 11.2 Å². The molecule has 1 heterocycles. The number of nitrogens with one attached hydrogen (secondary N) is 1. The second kappa shape index (κ2) is 3.40. The number of carbonyl (C=O) groups is 1. The Kier molecular flexibility index (Phi) is 2.36. The quantitative estimate of drug-likeness (QED) is 0.855. The number of hydrogen-bond acceptors (Lipinski definition) is 3. The molecule has 0 bridgehead atoms. The second-order valence-corrected chi connectivity index (χ2v) is 4.38. The first kappa shape index (κ1) is 9.73. The predicted molar refractivity (Wildman–Crippen MR) is 54.4 cm³/mol. The van der Waals surface area contributed by atoms with Crippen molar-refractivity contribution >= 4 is 21.8 Å². The maximum absolute atomic E-state index is 11.4. The van der Waals surface area contributed by atoms with Crippen LogP contribution in [0.1, 0.15) is 18.4 Å². The van der Waals surface area contributed by atoms with E-state index in [0.717, 1.165) is 18.4 Å². The molecule has 76 valence electrons. The standard InChI is InChI=1S/C9H11BrN2O2/c10-7-3-6(5-14-7)4-12-8(13)9(11)1-2-9/h3,5H,1-2,4,11H2,(H,12,13). The van der Waals surface area contributed by atoms with Gasteiger partial charge < -0.3 is 15.5 Å². The highest BCUT2D eigenvalue weighted by molar-refractivity contribution is 9.10. The first-order valence-electron chi connectivity index (χ1n) is 4.40. The largest absolute Gasteiger partial charge is 0.457 e. The van der Waals surface area contributed by atoms with Crippen molar-refractivity contribution in [1.82, 2.24) is 5.32 Å². The van der Waals surface area contributed by atoms with Gasteiger partial charge in [0.25, 0.3) is 0 Å². The minimum absolute atomic E-state index is 0.0742. The molecule has 0 spiro atoms. The average Bonchev–Trinajstić information content (AvgIpc) is 2.76. The van der Waals surface area contributed by atoms with Crippen molar-refractivity contribution in [2.75, 3.05) is 0 Å². The van der Waals surface area contributed by atoms with Crippen molar-refractivity contribution < 1.29 is 9.21 Å². The molecule has 2 rings (SSSR count). The average molecular weight is 259 g/mol. The number of carbonyl (C=O) groups excluding carboxylic acids is 1. The van der Waals surface area contributed by atoms with Crippen LogP contribution in [-0.2, 0) is 11.3 Å². The van der Waals surface area contributed by atoms with Crippen LogP contribution in [-0.4, -0.2) is 11.4 Å². The molecule has 5 heteroatoms. The summed E-state index contributed by atoms with van der Waals surface area (Å²) in [5.41, 5.74) is 6.04. The van der Waals surface area contributed by atoms with Gasteiger partial charge in [0.1, 0.15) is 0 Å². The minimum Gasteiger partial charge on any atom is -0.457 e. The molecule has 1 amide bonds. The third kappa shape index (κ3) is 1.99. The van der Waals surface area contributed by atoms with Gasteiger partial charge in [-0.25, -0.2) is 0 Å². The normalized spacial score (nSPS) is 17.9. The summed E-state index contributed by atoms with van der Waals surface area (Å²) in [6.45, 7) is 0.465. The molecule has 1 aliphatic rings. The van der Waals surface area contributed by atoms with Crippen molar-refractivity contribution in [3.63, 3.8) is 0 Å². The van der Waals surface area contributed by atoms with Crippen molar-refractivity contribution in [1.29, 1.82) is 0 Å². The summed E-state index contributed by atoms with van der Waals surface area (Å²) >= 11 is 3.19. The van der Waals surface area contributed by atoms with E-state index in [2.05, 4.69) is 21.2 Å². The Balaban J connectivity index is 1.85. The second-order valence-electron chi connectivity index (χ2n) is 3.60. The topological polar surface area (TPSA) is 68.3 Å². The Bertz CT molecular complexity index is 357. The maximum Gasteiger partial charge on any atom is 0.240 e. The molecule has 0 radical (unpaired) electrons. The van der Waals surface area contributed by atoms with Gasteiger partial charge in [0.15, 0.2) is 4.67 Å². The minimum atomic E-state index is -0.596. The van der Waals surface area contributed by atoms with Crippen LogP contribution in [0, 0.1) is 0 Å². The summed E-state index contributed by atoms with van der Waals surface area (Å²) in [7, 11) is 0. The molecule has 1 fully saturated rings. The Morgan fingerprint density at radius 1 is 1.71 bits per heavy atom. The fourth-order valence-electron chi connectivity index (χ4n) is 1.16. The highest BCUT2D eigenvalue weighted by atomic mass is 79.9. The van der Waals surface area contributed by atoms with Gasteiger partial charge in [-0.15, -0.1) is 0 Å². The van der Waals surface area contributed by atoms with E-state index in [-0.39, 0.29) is 5.91 Å². The van der Waals surface area contributed by atoms with E-state index < -0.39 is 5.54 Å². The van der Waals surface area contributed by atoms with Crippen LogP contribution < -0.4 is 11.1 Å². The van der Waals surface area contributed by atoms with Gasteiger partial charge in [0.05, 0.1) is 11.8 Å². The number of amides is 1. The smallest absolute Gasteiger partial charge is 0.240 e. The third-order valence-electron chi connectivity index (χ3n) is 2.32. The summed E-state index contributed by atoms with van der Waals surface area (Å²) in [6, 6.07) is 1.82. The number of nitrogens with two attached hydrogens (primary N) is 1. The van der Waals surface area contributed by atoms with Crippen LogP contribution in [0.4, 0.5) is 0 Å². The van der Waals surface area contributed by atoms with Crippen molar-refractivity contribution in [2.24, 2.45) is 5.73 Å². The zero-order valence-electron chi connectivity index (χ0n) is 7.55. The Labute approximate surface area is 90.0 Å². The lowest BCUT2D eigenvalue weighted by Crippen LogP contribution is -2.42. The van der Waals surface area contributed by atoms with E-state index in [1.54, 1.807) is 6.26 Å². The summed E-state index contributed by atoms with van der Waals surface area (Å²) < 4.78 is 5.69. The van der Waals surface area contributed by atoms with E-state index in [1.807, 2.05) is 6.07 Å². The molecule has 3 N–H and O–H groups in total. The lowest BCUT2D eigenvalue weighted by atomic mass is 10.2. The van der Waals surface area contributed by atoms with Crippen LogP contribution in [0.3, 0.4) is 0 Å². The number of furan rings is 1. The Morgan fingerprint density at radius 3 is 2.93 bits per heavy atom. The van der Waals surface area contributed by atoms with Gasteiger partial charge in [-0.05, 0) is 34.8 Å². The molecule has 14 heavy (non-hydrogen) atoms. The van der Waals surface area contributed by atoms with E-state index in [1.165, 1.54) is 0 Å². The van der Waals surface area contributed by atoms with Gasteiger partial charge >= 0.3 is 0 Å². The molecule has 0 aliphatic heterocycles. The van der Waals surface area contributed by atoms with Crippen LogP contribution >= 0.6 is 15.9 Å². The van der Waals surface area contributed by atoms with Crippen molar-refractivity contribution in [3.8, 4) is 0 Å². The van der Waals surface area contributed by atoms with Gasteiger partial charge in [-0.3, -0.25) is 4.79 Å². The zero-order chi connectivity index (χ0) is 10.2. The fraction of sp³-hybridized carbons (Fsp3) is 0.444.